The summed E-state index contributed by atoms with van der Waals surface area (Å²) < 4.78 is 27.2. The van der Waals surface area contributed by atoms with Crippen LogP contribution in [0.4, 0.5) is 0 Å². The van der Waals surface area contributed by atoms with Crippen LogP contribution in [0.2, 0.25) is 0 Å². The molecule has 25 heavy (non-hydrogen) atoms. The third-order valence-electron chi connectivity index (χ3n) is 3.99. The molecule has 2 aromatic carbocycles. The minimum atomic E-state index is 0.353. The number of hydrogen-bond acceptors (Lipinski definition) is 6. The molecule has 0 radical (unpaired) electrons. The molecule has 0 atom stereocenters. The van der Waals surface area contributed by atoms with Crippen molar-refractivity contribution in [1.82, 2.24) is 0 Å². The Hall–Kier alpha value is -2.89. The Bertz CT molecular complexity index is 782. The molecule has 0 saturated carbocycles. The summed E-state index contributed by atoms with van der Waals surface area (Å²) in [6.07, 6.45) is 0.735. The molecular weight excluding hydrogens is 324 g/mol. The van der Waals surface area contributed by atoms with Gasteiger partial charge < -0.3 is 23.7 Å². The zero-order valence-corrected chi connectivity index (χ0v) is 15.3. The molecule has 0 saturated heterocycles. The van der Waals surface area contributed by atoms with Crippen molar-refractivity contribution in [3.8, 4) is 39.9 Å². The van der Waals surface area contributed by atoms with Gasteiger partial charge in [-0.1, -0.05) is 0 Å². The van der Waals surface area contributed by atoms with Crippen molar-refractivity contribution in [3.05, 3.63) is 29.3 Å². The number of aldehydes is 1. The van der Waals surface area contributed by atoms with Crippen molar-refractivity contribution in [2.45, 2.75) is 6.92 Å². The first kappa shape index (κ1) is 18.4. The lowest BCUT2D eigenvalue weighted by atomic mass is 9.93. The third kappa shape index (κ3) is 3.20. The number of rotatable bonds is 7. The molecule has 0 aliphatic rings. The van der Waals surface area contributed by atoms with Crippen molar-refractivity contribution in [1.29, 1.82) is 0 Å². The minimum absolute atomic E-state index is 0.353. The van der Waals surface area contributed by atoms with Gasteiger partial charge in [0.25, 0.3) is 0 Å². The molecular formula is C19H22O6. The molecule has 0 spiro atoms. The lowest BCUT2D eigenvalue weighted by Gasteiger charge is -2.21. The fraction of sp³-hybridized carbons (Fsp3) is 0.316. The highest BCUT2D eigenvalue weighted by molar-refractivity contribution is 5.97. The summed E-state index contributed by atoms with van der Waals surface area (Å²) in [4.78, 5) is 11.8. The van der Waals surface area contributed by atoms with Gasteiger partial charge in [0.05, 0.1) is 41.1 Å². The molecule has 0 heterocycles. The highest BCUT2D eigenvalue weighted by Crippen LogP contribution is 2.49. The number of methoxy groups -OCH3 is 5. The maximum Gasteiger partial charge on any atom is 0.169 e. The van der Waals surface area contributed by atoms with Gasteiger partial charge in [0.2, 0.25) is 0 Å². The Morgan fingerprint density at radius 2 is 1.36 bits per heavy atom. The SMILES string of the molecule is COc1cc(C)c(-c2c(C=O)c(OC)cc(OC)c2OC)c(OC)c1. The van der Waals surface area contributed by atoms with Gasteiger partial charge in [0.15, 0.2) is 17.8 Å². The van der Waals surface area contributed by atoms with Gasteiger partial charge in [-0.05, 0) is 18.6 Å². The summed E-state index contributed by atoms with van der Waals surface area (Å²) in [5, 5.41) is 0. The minimum Gasteiger partial charge on any atom is -0.497 e. The van der Waals surface area contributed by atoms with Gasteiger partial charge in [-0.3, -0.25) is 4.79 Å². The predicted octanol–water partition coefficient (Wildman–Crippen LogP) is 3.52. The Balaban J connectivity index is 2.97. The number of carbonyl (C=O) groups is 1. The second kappa shape index (κ2) is 7.79. The van der Waals surface area contributed by atoms with Crippen molar-refractivity contribution in [2.75, 3.05) is 35.5 Å². The van der Waals surface area contributed by atoms with Gasteiger partial charge >= 0.3 is 0 Å². The largest absolute Gasteiger partial charge is 0.497 e. The van der Waals surface area contributed by atoms with E-state index >= 15 is 0 Å². The van der Waals surface area contributed by atoms with Crippen LogP contribution in [0.15, 0.2) is 18.2 Å². The Kier molecular flexibility index (Phi) is 5.75. The molecule has 0 N–H and O–H groups in total. The molecule has 0 aliphatic heterocycles. The normalized spacial score (nSPS) is 10.2. The molecule has 0 amide bonds. The van der Waals surface area contributed by atoms with Crippen molar-refractivity contribution in [3.63, 3.8) is 0 Å². The molecule has 0 aliphatic carbocycles. The molecule has 0 aromatic heterocycles. The van der Waals surface area contributed by atoms with Crippen molar-refractivity contribution in [2.24, 2.45) is 0 Å². The van der Waals surface area contributed by atoms with E-state index in [9.17, 15) is 4.79 Å². The van der Waals surface area contributed by atoms with Gasteiger partial charge in [-0.25, -0.2) is 0 Å². The van der Waals surface area contributed by atoms with E-state index in [4.69, 9.17) is 23.7 Å². The Labute approximate surface area is 147 Å². The number of aryl methyl sites for hydroxylation is 1. The molecule has 6 heteroatoms. The molecule has 6 nitrogen and oxygen atoms in total. The van der Waals surface area contributed by atoms with Crippen LogP contribution >= 0.6 is 0 Å². The second-order valence-electron chi connectivity index (χ2n) is 5.24. The summed E-state index contributed by atoms with van der Waals surface area (Å²) >= 11 is 0. The van der Waals surface area contributed by atoms with E-state index in [1.807, 2.05) is 13.0 Å². The van der Waals surface area contributed by atoms with Crippen molar-refractivity contribution >= 4 is 6.29 Å². The summed E-state index contributed by atoms with van der Waals surface area (Å²) in [6.45, 7) is 1.90. The van der Waals surface area contributed by atoms with Crippen molar-refractivity contribution < 1.29 is 28.5 Å². The number of hydrogen-bond donors (Lipinski definition) is 0. The summed E-state index contributed by atoms with van der Waals surface area (Å²) in [6, 6.07) is 5.23. The zero-order valence-electron chi connectivity index (χ0n) is 15.3. The standard InChI is InChI=1S/C19H22O6/c1-11-7-12(21-2)8-15(23-4)17(11)18-13(10-20)14(22-3)9-16(24-5)19(18)25-6/h7-10H,1-6H3. The van der Waals surface area contributed by atoms with E-state index in [0.717, 1.165) is 11.8 Å². The van der Waals surface area contributed by atoms with E-state index in [2.05, 4.69) is 0 Å². The first-order chi connectivity index (χ1) is 12.1. The van der Waals surface area contributed by atoms with Crippen LogP contribution in [0.25, 0.3) is 11.1 Å². The zero-order chi connectivity index (χ0) is 18.6. The predicted molar refractivity (Wildman–Crippen MR) is 94.8 cm³/mol. The fourth-order valence-corrected chi connectivity index (χ4v) is 2.84. The third-order valence-corrected chi connectivity index (χ3v) is 3.99. The molecule has 0 fully saturated rings. The number of ether oxygens (including phenoxy) is 5. The average Bonchev–Trinajstić information content (AvgIpc) is 2.65. The first-order valence-corrected chi connectivity index (χ1v) is 7.57. The quantitative estimate of drug-likeness (QED) is 0.715. The van der Waals surface area contributed by atoms with Gasteiger partial charge in [-0.2, -0.15) is 0 Å². The molecule has 2 rings (SSSR count). The monoisotopic (exact) mass is 346 g/mol. The summed E-state index contributed by atoms with van der Waals surface area (Å²) in [5.41, 5.74) is 2.46. The second-order valence-corrected chi connectivity index (χ2v) is 5.24. The summed E-state index contributed by atoms with van der Waals surface area (Å²) in [5.74, 6) is 2.47. The van der Waals surface area contributed by atoms with Crippen LogP contribution in [-0.4, -0.2) is 41.8 Å². The molecule has 2 aromatic rings. The smallest absolute Gasteiger partial charge is 0.169 e. The number of carbonyl (C=O) groups excluding carboxylic acids is 1. The first-order valence-electron chi connectivity index (χ1n) is 7.57. The fourth-order valence-electron chi connectivity index (χ4n) is 2.84. The molecule has 0 bridgehead atoms. The van der Waals surface area contributed by atoms with Gasteiger partial charge in [0, 0.05) is 23.3 Å². The highest BCUT2D eigenvalue weighted by atomic mass is 16.5. The number of benzene rings is 2. The maximum absolute atomic E-state index is 11.8. The van der Waals surface area contributed by atoms with Crippen LogP contribution in [0, 0.1) is 6.92 Å². The lowest BCUT2D eigenvalue weighted by Crippen LogP contribution is -2.03. The van der Waals surface area contributed by atoms with Gasteiger partial charge in [-0.15, -0.1) is 0 Å². The van der Waals surface area contributed by atoms with Crippen LogP contribution < -0.4 is 23.7 Å². The van der Waals surface area contributed by atoms with Crippen LogP contribution in [0.5, 0.6) is 28.7 Å². The topological polar surface area (TPSA) is 63.2 Å². The van der Waals surface area contributed by atoms with Crippen LogP contribution in [0.1, 0.15) is 15.9 Å². The molecule has 134 valence electrons. The van der Waals surface area contributed by atoms with Crippen LogP contribution in [-0.2, 0) is 0 Å². The Morgan fingerprint density at radius 3 is 1.84 bits per heavy atom. The van der Waals surface area contributed by atoms with E-state index in [1.54, 1.807) is 26.4 Å². The lowest BCUT2D eigenvalue weighted by molar-refractivity contribution is 0.112. The van der Waals surface area contributed by atoms with Gasteiger partial charge in [0.1, 0.15) is 17.2 Å². The maximum atomic E-state index is 11.8. The average molecular weight is 346 g/mol. The highest BCUT2D eigenvalue weighted by Gasteiger charge is 2.25. The molecule has 0 unspecified atom stereocenters. The summed E-state index contributed by atoms with van der Waals surface area (Å²) in [7, 11) is 7.69. The van der Waals surface area contributed by atoms with E-state index < -0.39 is 0 Å². The van der Waals surface area contributed by atoms with E-state index in [1.165, 1.54) is 21.3 Å². The van der Waals surface area contributed by atoms with E-state index in [0.29, 0.717) is 45.4 Å². The Morgan fingerprint density at radius 1 is 0.720 bits per heavy atom. The van der Waals surface area contributed by atoms with Crippen LogP contribution in [0.3, 0.4) is 0 Å². The van der Waals surface area contributed by atoms with E-state index in [-0.39, 0.29) is 0 Å².